The molecule has 1 rings (SSSR count). The lowest BCUT2D eigenvalue weighted by Gasteiger charge is -2.30. The Morgan fingerprint density at radius 1 is 1.29 bits per heavy atom. The minimum Gasteiger partial charge on any atom is -0.326 e. The Morgan fingerprint density at radius 2 is 1.86 bits per heavy atom. The van der Waals surface area contributed by atoms with Gasteiger partial charge in [-0.3, -0.25) is 0 Å². The van der Waals surface area contributed by atoms with Crippen molar-refractivity contribution in [1.29, 1.82) is 0 Å². The molecule has 3 N–H and O–H groups in total. The summed E-state index contributed by atoms with van der Waals surface area (Å²) in [6, 6.07) is 1.30. The third kappa shape index (κ3) is 4.97. The molecule has 2 heteroatoms. The molecule has 0 saturated heterocycles. The maximum Gasteiger partial charge on any atom is 0.0112 e. The lowest BCUT2D eigenvalue weighted by atomic mass is 9.92. The number of hydrogen-bond acceptors (Lipinski definition) is 2. The van der Waals surface area contributed by atoms with Gasteiger partial charge in [0.25, 0.3) is 0 Å². The normalized spacial score (nSPS) is 22.3. The lowest BCUT2D eigenvalue weighted by molar-refractivity contribution is 0.308. The topological polar surface area (TPSA) is 38.0 Å². The van der Waals surface area contributed by atoms with E-state index in [1.807, 2.05) is 0 Å². The van der Waals surface area contributed by atoms with E-state index in [9.17, 15) is 0 Å². The highest BCUT2D eigenvalue weighted by Gasteiger charge is 2.19. The van der Waals surface area contributed by atoms with Crippen LogP contribution in [0.1, 0.15) is 59.3 Å². The Balaban J connectivity index is 2.21. The molecule has 14 heavy (non-hydrogen) atoms. The number of nitrogens with two attached hydrogens (primary N) is 1. The molecule has 1 saturated carbocycles. The molecule has 0 amide bonds. The Bertz CT molecular complexity index is 154. The number of rotatable bonds is 4. The van der Waals surface area contributed by atoms with E-state index in [0.29, 0.717) is 6.04 Å². The number of hydrogen-bond donors (Lipinski definition) is 2. The maximum absolute atomic E-state index is 6.00. The van der Waals surface area contributed by atoms with Gasteiger partial charge in [-0.2, -0.15) is 0 Å². The minimum absolute atomic E-state index is 0.0406. The van der Waals surface area contributed by atoms with Crippen molar-refractivity contribution in [3.05, 3.63) is 0 Å². The standard InChI is InChI=1S/C12H26N2/c1-10(9-12(2,3)13)14-11-7-5-4-6-8-11/h10-11,14H,4-9,13H2,1-3H3. The van der Waals surface area contributed by atoms with E-state index in [2.05, 4.69) is 26.1 Å². The predicted octanol–water partition coefficient (Wildman–Crippen LogP) is 2.42. The van der Waals surface area contributed by atoms with Crippen LogP contribution in [0.25, 0.3) is 0 Å². The van der Waals surface area contributed by atoms with Crippen LogP contribution in [0.15, 0.2) is 0 Å². The average molecular weight is 198 g/mol. The molecule has 1 unspecified atom stereocenters. The van der Waals surface area contributed by atoms with E-state index in [1.54, 1.807) is 0 Å². The van der Waals surface area contributed by atoms with E-state index in [0.717, 1.165) is 12.5 Å². The van der Waals surface area contributed by atoms with Crippen LogP contribution in [0.2, 0.25) is 0 Å². The SMILES string of the molecule is CC(CC(C)(C)N)NC1CCCCC1. The molecule has 0 heterocycles. The highest BCUT2D eigenvalue weighted by molar-refractivity contribution is 4.81. The smallest absolute Gasteiger partial charge is 0.0112 e. The largest absolute Gasteiger partial charge is 0.326 e. The van der Waals surface area contributed by atoms with Gasteiger partial charge in [-0.15, -0.1) is 0 Å². The number of nitrogens with one attached hydrogen (secondary N) is 1. The van der Waals surface area contributed by atoms with Crippen LogP contribution in [0.3, 0.4) is 0 Å². The lowest BCUT2D eigenvalue weighted by Crippen LogP contribution is -2.44. The molecule has 1 fully saturated rings. The van der Waals surface area contributed by atoms with Gasteiger partial charge in [0.2, 0.25) is 0 Å². The zero-order valence-electron chi connectivity index (χ0n) is 9.97. The minimum atomic E-state index is -0.0406. The maximum atomic E-state index is 6.00. The van der Waals surface area contributed by atoms with Gasteiger partial charge < -0.3 is 11.1 Å². The van der Waals surface area contributed by atoms with Gasteiger partial charge in [0.1, 0.15) is 0 Å². The Labute approximate surface area is 88.6 Å². The predicted molar refractivity (Wildman–Crippen MR) is 62.4 cm³/mol. The monoisotopic (exact) mass is 198 g/mol. The van der Waals surface area contributed by atoms with E-state index in [1.165, 1.54) is 32.1 Å². The third-order valence-electron chi connectivity index (χ3n) is 2.96. The zero-order valence-corrected chi connectivity index (χ0v) is 9.97. The molecule has 84 valence electrons. The Hall–Kier alpha value is -0.0800. The molecule has 0 spiro atoms. The van der Waals surface area contributed by atoms with E-state index in [-0.39, 0.29) is 5.54 Å². The first-order chi connectivity index (χ1) is 6.47. The first-order valence-corrected chi connectivity index (χ1v) is 6.02. The second kappa shape index (κ2) is 5.13. The van der Waals surface area contributed by atoms with Gasteiger partial charge in [0.05, 0.1) is 0 Å². The van der Waals surface area contributed by atoms with Crippen LogP contribution in [0.4, 0.5) is 0 Å². The second-order valence-corrected chi connectivity index (χ2v) is 5.60. The van der Waals surface area contributed by atoms with Gasteiger partial charge >= 0.3 is 0 Å². The summed E-state index contributed by atoms with van der Waals surface area (Å²) in [5.41, 5.74) is 5.96. The average Bonchev–Trinajstić information content (AvgIpc) is 2.02. The van der Waals surface area contributed by atoms with Crippen molar-refractivity contribution in [3.63, 3.8) is 0 Å². The molecular weight excluding hydrogens is 172 g/mol. The fourth-order valence-electron chi connectivity index (χ4n) is 2.52. The first kappa shape index (κ1) is 12.0. The second-order valence-electron chi connectivity index (χ2n) is 5.60. The van der Waals surface area contributed by atoms with Crippen molar-refractivity contribution in [2.75, 3.05) is 0 Å². The van der Waals surface area contributed by atoms with Gasteiger partial charge in [0.15, 0.2) is 0 Å². The summed E-state index contributed by atoms with van der Waals surface area (Å²) in [6.45, 7) is 6.46. The van der Waals surface area contributed by atoms with Crippen molar-refractivity contribution in [2.24, 2.45) is 5.73 Å². The van der Waals surface area contributed by atoms with Crippen LogP contribution < -0.4 is 11.1 Å². The quantitative estimate of drug-likeness (QED) is 0.728. The zero-order chi connectivity index (χ0) is 10.6. The summed E-state index contributed by atoms with van der Waals surface area (Å²) in [7, 11) is 0. The molecule has 0 aromatic heterocycles. The fourth-order valence-corrected chi connectivity index (χ4v) is 2.52. The summed E-state index contributed by atoms with van der Waals surface area (Å²) < 4.78 is 0. The molecule has 1 aliphatic rings. The molecule has 1 aliphatic carbocycles. The molecule has 0 aliphatic heterocycles. The highest BCUT2D eigenvalue weighted by atomic mass is 15.0. The molecule has 0 aromatic rings. The molecule has 0 bridgehead atoms. The van der Waals surface area contributed by atoms with Crippen LogP contribution >= 0.6 is 0 Å². The van der Waals surface area contributed by atoms with E-state index < -0.39 is 0 Å². The molecule has 2 nitrogen and oxygen atoms in total. The van der Waals surface area contributed by atoms with Crippen LogP contribution in [0, 0.1) is 0 Å². The third-order valence-corrected chi connectivity index (χ3v) is 2.96. The van der Waals surface area contributed by atoms with Crippen molar-refractivity contribution in [2.45, 2.75) is 76.9 Å². The Kier molecular flexibility index (Phi) is 4.39. The van der Waals surface area contributed by atoms with Crippen LogP contribution in [-0.2, 0) is 0 Å². The van der Waals surface area contributed by atoms with E-state index in [4.69, 9.17) is 5.73 Å². The molecule has 0 aromatic carbocycles. The Morgan fingerprint density at radius 3 is 2.36 bits per heavy atom. The van der Waals surface area contributed by atoms with Gasteiger partial charge in [-0.05, 0) is 40.0 Å². The summed E-state index contributed by atoms with van der Waals surface area (Å²) in [4.78, 5) is 0. The van der Waals surface area contributed by atoms with Crippen LogP contribution in [-0.4, -0.2) is 17.6 Å². The molecular formula is C12H26N2. The molecule has 1 atom stereocenters. The summed E-state index contributed by atoms with van der Waals surface area (Å²) in [5.74, 6) is 0. The molecule has 0 radical (unpaired) electrons. The summed E-state index contributed by atoms with van der Waals surface area (Å²) >= 11 is 0. The van der Waals surface area contributed by atoms with Gasteiger partial charge in [0, 0.05) is 17.6 Å². The van der Waals surface area contributed by atoms with E-state index >= 15 is 0 Å². The first-order valence-electron chi connectivity index (χ1n) is 6.02. The summed E-state index contributed by atoms with van der Waals surface area (Å²) in [6.07, 6.45) is 8.00. The van der Waals surface area contributed by atoms with Crippen molar-refractivity contribution >= 4 is 0 Å². The van der Waals surface area contributed by atoms with Crippen LogP contribution in [0.5, 0.6) is 0 Å². The van der Waals surface area contributed by atoms with Crippen molar-refractivity contribution in [3.8, 4) is 0 Å². The van der Waals surface area contributed by atoms with Gasteiger partial charge in [-0.1, -0.05) is 19.3 Å². The fraction of sp³-hybridized carbons (Fsp3) is 1.00. The van der Waals surface area contributed by atoms with Gasteiger partial charge in [-0.25, -0.2) is 0 Å². The highest BCUT2D eigenvalue weighted by Crippen LogP contribution is 2.19. The van der Waals surface area contributed by atoms with Crippen molar-refractivity contribution in [1.82, 2.24) is 5.32 Å². The van der Waals surface area contributed by atoms with Crippen molar-refractivity contribution < 1.29 is 0 Å². The summed E-state index contributed by atoms with van der Waals surface area (Å²) in [5, 5.41) is 3.70.